The molecule has 0 saturated heterocycles. The lowest BCUT2D eigenvalue weighted by atomic mass is 10.1. The fourth-order valence-corrected chi connectivity index (χ4v) is 8.46. The van der Waals surface area contributed by atoms with Gasteiger partial charge in [0.2, 0.25) is 11.8 Å². The van der Waals surface area contributed by atoms with Crippen molar-refractivity contribution in [1.82, 2.24) is 4.90 Å². The Labute approximate surface area is 383 Å². The van der Waals surface area contributed by atoms with Crippen LogP contribution in [0.5, 0.6) is 23.0 Å². The minimum absolute atomic E-state index is 0. The van der Waals surface area contributed by atoms with Gasteiger partial charge in [-0.3, -0.25) is 24.1 Å². The number of carbonyl (C=O) groups is 6. The van der Waals surface area contributed by atoms with E-state index in [0.29, 0.717) is 53.0 Å². The van der Waals surface area contributed by atoms with Crippen LogP contribution in [0.3, 0.4) is 0 Å². The van der Waals surface area contributed by atoms with Crippen LogP contribution in [-0.4, -0.2) is 109 Å². The number of esters is 2. The summed E-state index contributed by atoms with van der Waals surface area (Å²) < 4.78 is 72.8. The van der Waals surface area contributed by atoms with Crippen LogP contribution in [-0.2, 0) is 34.0 Å². The van der Waals surface area contributed by atoms with E-state index < -0.39 is 67.2 Å². The molecule has 0 aromatic heterocycles. The molecule has 2 aliphatic rings. The first-order valence-electron chi connectivity index (χ1n) is 19.7. The van der Waals surface area contributed by atoms with Crippen molar-refractivity contribution in [2.24, 2.45) is 5.73 Å². The van der Waals surface area contributed by atoms with Crippen molar-refractivity contribution >= 4 is 66.6 Å². The summed E-state index contributed by atoms with van der Waals surface area (Å²) in [5, 5.41) is 5.02. The molecule has 0 radical (unpaired) electrons. The molecule has 21 heteroatoms. The number of fused-ring (bicyclic) bond motifs is 2. The summed E-state index contributed by atoms with van der Waals surface area (Å²) in [6.07, 6.45) is 2.20. The first-order valence-corrected chi connectivity index (χ1v) is 23.8. The van der Waals surface area contributed by atoms with E-state index in [-0.39, 0.29) is 47.0 Å². The fourth-order valence-electron chi connectivity index (χ4n) is 6.70. The second kappa shape index (κ2) is 22.9. The second-order valence-corrected chi connectivity index (χ2v) is 18.8. The van der Waals surface area contributed by atoms with E-state index in [4.69, 9.17) is 24.7 Å². The van der Waals surface area contributed by atoms with Crippen LogP contribution in [0.4, 0.5) is 11.4 Å². The third-order valence-electron chi connectivity index (χ3n) is 9.28. The molecule has 0 saturated carbocycles. The van der Waals surface area contributed by atoms with Gasteiger partial charge in [-0.25, -0.2) is 26.4 Å². The largest absolute Gasteiger partial charge is 0.493 e. The molecule has 0 aliphatic carbocycles. The number of hydrogen-bond acceptors (Lipinski definition) is 16. The monoisotopic (exact) mass is 956 g/mol. The van der Waals surface area contributed by atoms with Crippen LogP contribution < -0.4 is 35.3 Å². The number of nitrogens with one attached hydrogen (secondary N) is 2. The predicted molar refractivity (Wildman–Crippen MR) is 246 cm³/mol. The lowest BCUT2D eigenvalue weighted by Gasteiger charge is -2.27. The normalized spacial score (nSPS) is 13.5. The summed E-state index contributed by atoms with van der Waals surface area (Å²) >= 11 is 0. The number of amides is 4. The van der Waals surface area contributed by atoms with Gasteiger partial charge >= 0.3 is 11.9 Å². The van der Waals surface area contributed by atoms with Crippen molar-refractivity contribution in [3.63, 3.8) is 0 Å². The van der Waals surface area contributed by atoms with Crippen molar-refractivity contribution in [3.8, 4) is 23.0 Å². The van der Waals surface area contributed by atoms with Gasteiger partial charge in [-0.1, -0.05) is 31.7 Å². The molecule has 66 heavy (non-hydrogen) atoms. The number of hydrogen-bond donors (Lipinski definition) is 3. The van der Waals surface area contributed by atoms with E-state index in [1.807, 2.05) is 6.92 Å². The molecule has 4 N–H and O–H groups in total. The zero-order chi connectivity index (χ0) is 48.4. The van der Waals surface area contributed by atoms with E-state index >= 15 is 0 Å². The van der Waals surface area contributed by atoms with Crippen LogP contribution >= 0.6 is 0 Å². The standard InChI is InChI=1S/C22H24N2O7S.C12H19NO4S.C10H7NO4.CH4/c1-5-31-19-11-14(9-10-18(19)30-3)17(12-32(4,28)29)24-21(26)15-7-6-8-16(23-13(2)25)20(15)22(24)27;1-4-17-12-7-9(5-6-11(12)16-2)10(13)8-18(3,14)15;1-5(12)11-7-4-2-3-6-8(7)10(14)15-9(6)13;/h6-11,17H,5,12H2,1-4H3,(H,23,25);5-7,10H,4,8,13H2,1-3H3;2-4H,1H3,(H,11,12);1H4/t17-;10-;;/m11../s1/i23+1;;11+1;. The Morgan fingerprint density at radius 3 is 1.59 bits per heavy atom. The summed E-state index contributed by atoms with van der Waals surface area (Å²) in [7, 11) is -3.69. The van der Waals surface area contributed by atoms with Crippen molar-refractivity contribution < 1.29 is 69.3 Å². The minimum Gasteiger partial charge on any atom is -0.493 e. The first kappa shape index (κ1) is 53.5. The first-order chi connectivity index (χ1) is 30.5. The second-order valence-electron chi connectivity index (χ2n) is 14.5. The Bertz CT molecular complexity index is 2720. The summed E-state index contributed by atoms with van der Waals surface area (Å²) in [5.74, 6) is -2.04. The van der Waals surface area contributed by atoms with Crippen molar-refractivity contribution in [1.29, 1.82) is 0 Å². The van der Waals surface area contributed by atoms with Crippen molar-refractivity contribution in [3.05, 3.63) is 106 Å². The van der Waals surface area contributed by atoms with Crippen molar-refractivity contribution in [2.75, 3.05) is 62.1 Å². The van der Waals surface area contributed by atoms with E-state index in [2.05, 4.69) is 15.4 Å². The molecule has 2 atom stereocenters. The van der Waals surface area contributed by atoms with Gasteiger partial charge in [0.25, 0.3) is 11.8 Å². The molecule has 4 aromatic carbocycles. The molecule has 2 heterocycles. The third kappa shape index (κ3) is 13.6. The SMILES string of the molecule is C.CC(=O)[15NH]c1cccc2c1C(=O)OC2=O.CCOc1cc([C@@H](CS(C)(=O)=O)N2C(=O)c3cccc([15NH]C(C)=O)c3C2=O)ccc1OC.CCOc1cc([C@H](N)CS(C)(=O)=O)ccc1OC. The highest BCUT2D eigenvalue weighted by molar-refractivity contribution is 7.90. The van der Waals surface area contributed by atoms with Crippen LogP contribution in [0.2, 0.25) is 0 Å². The van der Waals surface area contributed by atoms with E-state index in [1.165, 1.54) is 45.4 Å². The highest BCUT2D eigenvalue weighted by Crippen LogP contribution is 2.39. The maximum Gasteiger partial charge on any atom is 0.349 e. The number of sulfone groups is 2. The molecule has 2 aliphatic heterocycles. The molecule has 19 nitrogen and oxygen atoms in total. The average molecular weight is 957 g/mol. The topological polar surface area (TPSA) is 270 Å². The Hall–Kier alpha value is -6.84. The minimum atomic E-state index is -3.60. The number of ether oxygens (including phenoxy) is 5. The number of nitrogens with two attached hydrogens (primary N) is 1. The van der Waals surface area contributed by atoms with Crippen LogP contribution in [0.25, 0.3) is 0 Å². The Balaban J connectivity index is 0.000000287. The van der Waals surface area contributed by atoms with Crippen molar-refractivity contribution in [2.45, 2.75) is 47.2 Å². The van der Waals surface area contributed by atoms with Crippen LogP contribution in [0.1, 0.15) is 99.8 Å². The summed E-state index contributed by atoms with van der Waals surface area (Å²) in [4.78, 5) is 72.3. The number of carbonyl (C=O) groups excluding carboxylic acids is 6. The zero-order valence-corrected chi connectivity index (χ0v) is 38.5. The third-order valence-corrected chi connectivity index (χ3v) is 11.2. The lowest BCUT2D eigenvalue weighted by Crippen LogP contribution is -2.37. The number of nitrogens with zero attached hydrogens (tertiary/aromatic N) is 1. The Morgan fingerprint density at radius 1 is 0.652 bits per heavy atom. The number of methoxy groups -OCH3 is 2. The van der Waals surface area contributed by atoms with E-state index in [9.17, 15) is 45.6 Å². The summed E-state index contributed by atoms with van der Waals surface area (Å²) in [5.41, 5.74) is 7.91. The van der Waals surface area contributed by atoms with Gasteiger partial charge in [-0.2, -0.15) is 0 Å². The van der Waals surface area contributed by atoms with Gasteiger partial charge in [-0.05, 0) is 73.5 Å². The molecule has 0 bridgehead atoms. The lowest BCUT2D eigenvalue weighted by molar-refractivity contribution is -0.115. The van der Waals surface area contributed by atoms with Gasteiger partial charge in [-0.15, -0.1) is 0 Å². The molecule has 356 valence electrons. The molecule has 0 spiro atoms. The number of benzene rings is 4. The van der Waals surface area contributed by atoms with Gasteiger partial charge in [0.05, 0.1) is 78.6 Å². The highest BCUT2D eigenvalue weighted by atomic mass is 32.2. The molecule has 6 rings (SSSR count). The maximum absolute atomic E-state index is 13.3. The quantitative estimate of drug-likeness (QED) is 0.0601. The molecule has 4 aromatic rings. The number of imide groups is 1. The van der Waals surface area contributed by atoms with Gasteiger partial charge in [0, 0.05) is 32.4 Å². The van der Waals surface area contributed by atoms with Gasteiger partial charge in [0.1, 0.15) is 19.7 Å². The zero-order valence-electron chi connectivity index (χ0n) is 36.9. The number of rotatable bonds is 15. The number of anilines is 2. The Kier molecular flexibility index (Phi) is 18.5. The molecule has 4 amide bonds. The number of cyclic esters (lactones) is 2. The van der Waals surface area contributed by atoms with E-state index in [1.54, 1.807) is 68.6 Å². The van der Waals surface area contributed by atoms with Gasteiger partial charge in [0.15, 0.2) is 23.0 Å². The maximum atomic E-state index is 13.3. The average Bonchev–Trinajstić information content (AvgIpc) is 3.66. The van der Waals surface area contributed by atoms with Crippen LogP contribution in [0.15, 0.2) is 72.8 Å². The van der Waals surface area contributed by atoms with Crippen LogP contribution in [0, 0.1) is 0 Å². The molecular weight excluding hydrogens is 903 g/mol. The fraction of sp³-hybridized carbons (Fsp3) is 0.333. The molecular formula is C45H54N4O15S2. The summed E-state index contributed by atoms with van der Waals surface area (Å²) in [6.45, 7) is 7.10. The Morgan fingerprint density at radius 2 is 1.12 bits per heavy atom. The van der Waals surface area contributed by atoms with E-state index in [0.717, 1.165) is 11.2 Å². The molecule has 0 fully saturated rings. The van der Waals surface area contributed by atoms with Gasteiger partial charge < -0.3 is 40.1 Å². The molecule has 0 unspecified atom stereocenters. The highest BCUT2D eigenvalue weighted by Gasteiger charge is 2.43. The smallest absolute Gasteiger partial charge is 0.349 e. The summed E-state index contributed by atoms with van der Waals surface area (Å²) in [6, 6.07) is 17.4. The predicted octanol–water partition coefficient (Wildman–Crippen LogP) is 5.16.